The van der Waals surface area contributed by atoms with E-state index in [1.54, 1.807) is 6.92 Å². The number of nitrogens with one attached hydrogen (secondary N) is 2. The predicted octanol–water partition coefficient (Wildman–Crippen LogP) is 1.21. The van der Waals surface area contributed by atoms with Gasteiger partial charge in [-0.2, -0.15) is 5.10 Å². The third-order valence-corrected chi connectivity index (χ3v) is 4.69. The minimum absolute atomic E-state index is 0.0351. The lowest BCUT2D eigenvalue weighted by Gasteiger charge is -2.09. The molecule has 1 amide bonds. The van der Waals surface area contributed by atoms with Crippen LogP contribution in [-0.4, -0.2) is 39.1 Å². The Morgan fingerprint density at radius 1 is 1.15 bits per heavy atom. The van der Waals surface area contributed by atoms with Gasteiger partial charge in [-0.15, -0.1) is 0 Å². The molecule has 0 spiro atoms. The Morgan fingerprint density at radius 3 is 2.58 bits per heavy atom. The highest BCUT2D eigenvalue weighted by molar-refractivity contribution is 7.92. The summed E-state index contributed by atoms with van der Waals surface area (Å²) in [6.45, 7) is 1.73. The van der Waals surface area contributed by atoms with Crippen LogP contribution in [0.3, 0.4) is 0 Å². The lowest BCUT2D eigenvalue weighted by Crippen LogP contribution is -2.15. The monoisotopic (exact) mass is 373 g/mol. The van der Waals surface area contributed by atoms with Gasteiger partial charge in [-0.3, -0.25) is 9.52 Å². The molecule has 3 rings (SSSR count). The summed E-state index contributed by atoms with van der Waals surface area (Å²) < 4.78 is 28.8. The van der Waals surface area contributed by atoms with Crippen LogP contribution in [0.15, 0.2) is 54.2 Å². The molecule has 2 heterocycles. The zero-order valence-corrected chi connectivity index (χ0v) is 14.5. The van der Waals surface area contributed by atoms with Crippen molar-refractivity contribution in [3.8, 4) is 5.82 Å². The Morgan fingerprint density at radius 2 is 1.92 bits per heavy atom. The molecule has 0 aliphatic rings. The van der Waals surface area contributed by atoms with Gasteiger partial charge in [-0.25, -0.2) is 28.1 Å². The molecular formula is C15H15N7O3S. The molecule has 134 valence electrons. The number of hydrogen-bond acceptors (Lipinski definition) is 7. The first-order valence-corrected chi connectivity index (χ1v) is 9.06. The number of amides is 1. The van der Waals surface area contributed by atoms with Crippen molar-refractivity contribution in [3.05, 3.63) is 49.3 Å². The van der Waals surface area contributed by atoms with Crippen molar-refractivity contribution < 1.29 is 13.2 Å². The number of benzene rings is 1. The van der Waals surface area contributed by atoms with Gasteiger partial charge in [0.25, 0.3) is 10.0 Å². The van der Waals surface area contributed by atoms with Gasteiger partial charge in [-0.1, -0.05) is 6.92 Å². The molecule has 0 fully saturated rings. The van der Waals surface area contributed by atoms with Crippen molar-refractivity contribution in [1.82, 2.24) is 24.7 Å². The zero-order chi connectivity index (χ0) is 18.6. The summed E-state index contributed by atoms with van der Waals surface area (Å²) in [4.78, 5) is 23.1. The molecule has 26 heavy (non-hydrogen) atoms. The van der Waals surface area contributed by atoms with Gasteiger partial charge in [0.2, 0.25) is 5.91 Å². The zero-order valence-electron chi connectivity index (χ0n) is 13.7. The average Bonchev–Trinajstić information content (AvgIpc) is 3.16. The molecule has 0 bridgehead atoms. The van der Waals surface area contributed by atoms with Gasteiger partial charge >= 0.3 is 0 Å². The molecule has 0 atom stereocenters. The van der Waals surface area contributed by atoms with Gasteiger partial charge < -0.3 is 5.32 Å². The highest BCUT2D eigenvalue weighted by Crippen LogP contribution is 2.18. The third kappa shape index (κ3) is 4.00. The SMILES string of the molecule is CCC(=O)Nc1ccc(S(=O)(=O)Nc2cc(-n3cncn3)ncn2)cc1. The van der Waals surface area contributed by atoms with E-state index in [9.17, 15) is 13.2 Å². The van der Waals surface area contributed by atoms with Crippen LogP contribution in [0.4, 0.5) is 11.5 Å². The summed E-state index contributed by atoms with van der Waals surface area (Å²) >= 11 is 0. The van der Waals surface area contributed by atoms with Gasteiger partial charge in [0.05, 0.1) is 4.90 Å². The van der Waals surface area contributed by atoms with Crippen molar-refractivity contribution >= 4 is 27.4 Å². The highest BCUT2D eigenvalue weighted by Gasteiger charge is 2.16. The molecule has 0 unspecified atom stereocenters. The van der Waals surface area contributed by atoms with Crippen LogP contribution in [0, 0.1) is 0 Å². The number of carbonyl (C=O) groups excluding carboxylic acids is 1. The minimum Gasteiger partial charge on any atom is -0.326 e. The summed E-state index contributed by atoms with van der Waals surface area (Å²) in [5, 5.41) is 6.58. The quantitative estimate of drug-likeness (QED) is 0.663. The smallest absolute Gasteiger partial charge is 0.263 e. The Balaban J connectivity index is 1.79. The van der Waals surface area contributed by atoms with Crippen molar-refractivity contribution in [2.45, 2.75) is 18.2 Å². The average molecular weight is 373 g/mol. The van der Waals surface area contributed by atoms with Crippen LogP contribution in [0.5, 0.6) is 0 Å². The maximum absolute atomic E-state index is 12.5. The van der Waals surface area contributed by atoms with Gasteiger partial charge in [0, 0.05) is 18.2 Å². The standard InChI is InChI=1S/C15H15N7O3S/c1-2-15(23)20-11-3-5-12(6-4-11)26(24,25)21-13-7-14(18-9-17-13)22-10-16-8-19-22/h3-10H,2H2,1H3,(H,20,23)(H,17,18,21). The lowest BCUT2D eigenvalue weighted by molar-refractivity contribution is -0.115. The third-order valence-electron chi connectivity index (χ3n) is 3.31. The summed E-state index contributed by atoms with van der Waals surface area (Å²) in [5.41, 5.74) is 0.520. The number of aromatic nitrogens is 5. The van der Waals surface area contributed by atoms with E-state index in [1.165, 1.54) is 54.0 Å². The van der Waals surface area contributed by atoms with E-state index in [0.29, 0.717) is 17.9 Å². The van der Waals surface area contributed by atoms with Crippen molar-refractivity contribution in [3.63, 3.8) is 0 Å². The Kier molecular flexibility index (Phi) is 4.89. The van der Waals surface area contributed by atoms with E-state index in [2.05, 4.69) is 30.1 Å². The highest BCUT2D eigenvalue weighted by atomic mass is 32.2. The molecule has 0 aliphatic carbocycles. The fourth-order valence-corrected chi connectivity index (χ4v) is 3.02. The number of nitrogens with zero attached hydrogens (tertiary/aromatic N) is 5. The molecular weight excluding hydrogens is 358 g/mol. The van der Waals surface area contributed by atoms with Crippen molar-refractivity contribution in [1.29, 1.82) is 0 Å². The second-order valence-corrected chi connectivity index (χ2v) is 6.82. The number of rotatable bonds is 6. The lowest BCUT2D eigenvalue weighted by atomic mass is 10.3. The number of anilines is 2. The molecule has 2 N–H and O–H groups in total. The largest absolute Gasteiger partial charge is 0.326 e. The number of hydrogen-bond donors (Lipinski definition) is 2. The van der Waals surface area contributed by atoms with Gasteiger partial charge in [0.1, 0.15) is 24.8 Å². The topological polar surface area (TPSA) is 132 Å². The molecule has 1 aromatic carbocycles. The van der Waals surface area contributed by atoms with E-state index < -0.39 is 10.0 Å². The summed E-state index contributed by atoms with van der Waals surface area (Å²) in [6, 6.07) is 7.26. The van der Waals surface area contributed by atoms with Gasteiger partial charge in [-0.05, 0) is 24.3 Å². The Hall–Kier alpha value is -3.34. The Labute approximate surface area is 149 Å². The first-order valence-electron chi connectivity index (χ1n) is 7.58. The van der Waals surface area contributed by atoms with E-state index in [4.69, 9.17) is 0 Å². The molecule has 11 heteroatoms. The predicted molar refractivity (Wildman–Crippen MR) is 93.1 cm³/mol. The van der Waals surface area contributed by atoms with Crippen LogP contribution >= 0.6 is 0 Å². The fraction of sp³-hybridized carbons (Fsp3) is 0.133. The van der Waals surface area contributed by atoms with Crippen LogP contribution in [0.2, 0.25) is 0 Å². The van der Waals surface area contributed by atoms with E-state index >= 15 is 0 Å². The van der Waals surface area contributed by atoms with Gasteiger partial charge in [0.15, 0.2) is 5.82 Å². The minimum atomic E-state index is -3.85. The summed E-state index contributed by atoms with van der Waals surface area (Å²) in [5.74, 6) is 0.307. The molecule has 0 saturated carbocycles. The number of carbonyl (C=O) groups is 1. The molecule has 3 aromatic rings. The molecule has 2 aromatic heterocycles. The maximum Gasteiger partial charge on any atom is 0.263 e. The second-order valence-electron chi connectivity index (χ2n) is 5.13. The second kappa shape index (κ2) is 7.27. The Bertz CT molecular complexity index is 1000. The van der Waals surface area contributed by atoms with Crippen molar-refractivity contribution in [2.75, 3.05) is 10.0 Å². The molecule has 0 saturated heterocycles. The first kappa shape index (κ1) is 17.5. The van der Waals surface area contributed by atoms with E-state index in [-0.39, 0.29) is 16.6 Å². The first-order chi connectivity index (χ1) is 12.5. The van der Waals surface area contributed by atoms with Crippen LogP contribution in [0.1, 0.15) is 13.3 Å². The summed E-state index contributed by atoms with van der Waals surface area (Å²) in [6.07, 6.45) is 4.33. The van der Waals surface area contributed by atoms with Crippen molar-refractivity contribution in [2.24, 2.45) is 0 Å². The van der Waals surface area contributed by atoms with Crippen LogP contribution in [0.25, 0.3) is 5.82 Å². The van der Waals surface area contributed by atoms with E-state index in [1.807, 2.05) is 0 Å². The molecule has 0 aliphatic heterocycles. The molecule has 10 nitrogen and oxygen atoms in total. The van der Waals surface area contributed by atoms with Crippen LogP contribution in [-0.2, 0) is 14.8 Å². The number of sulfonamides is 1. The summed E-state index contributed by atoms with van der Waals surface area (Å²) in [7, 11) is -3.85. The fourth-order valence-electron chi connectivity index (χ4n) is 2.02. The van der Waals surface area contributed by atoms with Crippen LogP contribution < -0.4 is 10.0 Å². The molecule has 0 radical (unpaired) electrons. The normalized spacial score (nSPS) is 11.1. The van der Waals surface area contributed by atoms with E-state index in [0.717, 1.165) is 0 Å². The maximum atomic E-state index is 12.5.